The lowest BCUT2D eigenvalue weighted by Crippen LogP contribution is -2.42. The summed E-state index contributed by atoms with van der Waals surface area (Å²) in [5.74, 6) is -0.737. The molecule has 0 saturated carbocycles. The predicted molar refractivity (Wildman–Crippen MR) is 104 cm³/mol. The van der Waals surface area contributed by atoms with E-state index in [-0.39, 0.29) is 29.2 Å². The van der Waals surface area contributed by atoms with Crippen LogP contribution in [0.15, 0.2) is 48.5 Å². The number of hydrogen-bond donors (Lipinski definition) is 3. The summed E-state index contributed by atoms with van der Waals surface area (Å²) in [6.45, 7) is 3.87. The standard InChI is InChI=1S/C19H21N3O3S/c1-13-6-8-15(9-7-13)19(25)22-21-18(24)12-26-11-17(23)20-16-5-3-4-14(2)10-16/h3-10H,11-12H2,1-2H3,(H,20,23)(H,21,24)(H,22,25). The topological polar surface area (TPSA) is 87.3 Å². The summed E-state index contributed by atoms with van der Waals surface area (Å²) in [7, 11) is 0. The van der Waals surface area contributed by atoms with Crippen LogP contribution in [0, 0.1) is 13.8 Å². The fourth-order valence-corrected chi connectivity index (χ4v) is 2.71. The number of benzene rings is 2. The number of nitrogens with one attached hydrogen (secondary N) is 3. The van der Waals surface area contributed by atoms with Crippen LogP contribution in [0.2, 0.25) is 0 Å². The third kappa shape index (κ3) is 6.60. The third-order valence-corrected chi connectivity index (χ3v) is 4.33. The zero-order chi connectivity index (χ0) is 18.9. The van der Waals surface area contributed by atoms with Gasteiger partial charge in [0.15, 0.2) is 0 Å². The molecular formula is C19H21N3O3S. The van der Waals surface area contributed by atoms with E-state index in [9.17, 15) is 14.4 Å². The lowest BCUT2D eigenvalue weighted by molar-refractivity contribution is -0.119. The molecule has 7 heteroatoms. The number of aryl methyl sites for hydroxylation is 2. The maximum Gasteiger partial charge on any atom is 0.269 e. The lowest BCUT2D eigenvalue weighted by atomic mass is 10.1. The minimum atomic E-state index is -0.388. The maximum atomic E-state index is 11.9. The summed E-state index contributed by atoms with van der Waals surface area (Å²) in [6.07, 6.45) is 0. The van der Waals surface area contributed by atoms with E-state index in [1.807, 2.05) is 50.2 Å². The Kier molecular flexibility index (Phi) is 7.23. The maximum absolute atomic E-state index is 11.9. The first-order valence-corrected chi connectivity index (χ1v) is 9.19. The molecule has 0 aliphatic carbocycles. The van der Waals surface area contributed by atoms with E-state index in [0.717, 1.165) is 16.8 Å². The molecule has 0 aliphatic heterocycles. The molecule has 0 saturated heterocycles. The molecule has 0 aromatic heterocycles. The largest absolute Gasteiger partial charge is 0.325 e. The van der Waals surface area contributed by atoms with Gasteiger partial charge in [-0.05, 0) is 43.7 Å². The molecule has 0 radical (unpaired) electrons. The molecule has 2 aromatic rings. The first-order valence-electron chi connectivity index (χ1n) is 8.04. The molecule has 0 atom stereocenters. The summed E-state index contributed by atoms with van der Waals surface area (Å²) in [5, 5.41) is 2.77. The van der Waals surface area contributed by atoms with E-state index in [1.165, 1.54) is 11.8 Å². The monoisotopic (exact) mass is 371 g/mol. The Balaban J connectivity index is 1.66. The summed E-state index contributed by atoms with van der Waals surface area (Å²) in [4.78, 5) is 35.5. The number of anilines is 1. The smallest absolute Gasteiger partial charge is 0.269 e. The number of amides is 3. The van der Waals surface area contributed by atoms with Gasteiger partial charge in [-0.2, -0.15) is 0 Å². The third-order valence-electron chi connectivity index (χ3n) is 3.40. The molecule has 2 aromatic carbocycles. The van der Waals surface area contributed by atoms with Gasteiger partial charge in [0.1, 0.15) is 0 Å². The summed E-state index contributed by atoms with van der Waals surface area (Å²) in [6, 6.07) is 14.5. The second kappa shape index (κ2) is 9.62. The fraction of sp³-hybridized carbons (Fsp3) is 0.211. The molecule has 6 nitrogen and oxygen atoms in total. The highest BCUT2D eigenvalue weighted by molar-refractivity contribution is 8.00. The van der Waals surface area contributed by atoms with Crippen molar-refractivity contribution in [3.8, 4) is 0 Å². The Hall–Kier alpha value is -2.80. The molecule has 26 heavy (non-hydrogen) atoms. The first kappa shape index (κ1) is 19.5. The first-order chi connectivity index (χ1) is 12.4. The molecule has 0 spiro atoms. The van der Waals surface area contributed by atoms with Crippen molar-refractivity contribution in [1.29, 1.82) is 0 Å². The highest BCUT2D eigenvalue weighted by Crippen LogP contribution is 2.10. The van der Waals surface area contributed by atoms with Crippen LogP contribution < -0.4 is 16.2 Å². The lowest BCUT2D eigenvalue weighted by Gasteiger charge is -2.08. The quantitative estimate of drug-likeness (QED) is 0.681. The Morgan fingerprint density at radius 1 is 0.846 bits per heavy atom. The van der Waals surface area contributed by atoms with E-state index in [0.29, 0.717) is 5.56 Å². The molecule has 3 N–H and O–H groups in total. The molecule has 0 unspecified atom stereocenters. The second-order valence-corrected chi connectivity index (χ2v) is 6.76. The Labute approximate surface area is 156 Å². The van der Waals surface area contributed by atoms with Crippen molar-refractivity contribution in [1.82, 2.24) is 10.9 Å². The molecule has 3 amide bonds. The van der Waals surface area contributed by atoms with Crippen molar-refractivity contribution in [3.05, 3.63) is 65.2 Å². The predicted octanol–water partition coefficient (Wildman–Crippen LogP) is 2.44. The van der Waals surface area contributed by atoms with Crippen molar-refractivity contribution in [2.75, 3.05) is 16.8 Å². The molecule has 0 bridgehead atoms. The molecule has 0 fully saturated rings. The van der Waals surface area contributed by atoms with Gasteiger partial charge in [-0.15, -0.1) is 11.8 Å². The van der Waals surface area contributed by atoms with Gasteiger partial charge in [-0.25, -0.2) is 0 Å². The van der Waals surface area contributed by atoms with Crippen molar-refractivity contribution >= 4 is 35.2 Å². The van der Waals surface area contributed by atoms with Crippen molar-refractivity contribution < 1.29 is 14.4 Å². The van der Waals surface area contributed by atoms with Gasteiger partial charge in [-0.3, -0.25) is 25.2 Å². The molecular weight excluding hydrogens is 350 g/mol. The summed E-state index contributed by atoms with van der Waals surface area (Å²) in [5.41, 5.74) is 7.97. The number of rotatable bonds is 6. The highest BCUT2D eigenvalue weighted by Gasteiger charge is 2.09. The van der Waals surface area contributed by atoms with Crippen LogP contribution in [0.3, 0.4) is 0 Å². The van der Waals surface area contributed by atoms with Crippen LogP contribution >= 0.6 is 11.8 Å². The SMILES string of the molecule is Cc1ccc(C(=O)NNC(=O)CSCC(=O)Nc2cccc(C)c2)cc1. The van der Waals surface area contributed by atoms with E-state index in [1.54, 1.807) is 12.1 Å². The number of hydrazine groups is 1. The van der Waals surface area contributed by atoms with Crippen LogP contribution in [-0.2, 0) is 9.59 Å². The van der Waals surface area contributed by atoms with E-state index in [4.69, 9.17) is 0 Å². The second-order valence-electron chi connectivity index (χ2n) is 5.78. The Bertz CT molecular complexity index is 791. The van der Waals surface area contributed by atoms with Crippen LogP contribution in [0.5, 0.6) is 0 Å². The van der Waals surface area contributed by atoms with Gasteiger partial charge < -0.3 is 5.32 Å². The van der Waals surface area contributed by atoms with Gasteiger partial charge >= 0.3 is 0 Å². The zero-order valence-electron chi connectivity index (χ0n) is 14.7. The molecule has 0 aliphatic rings. The number of carbonyl (C=O) groups excluding carboxylic acids is 3. The highest BCUT2D eigenvalue weighted by atomic mass is 32.2. The van der Waals surface area contributed by atoms with Gasteiger partial charge in [0.2, 0.25) is 11.8 Å². The normalized spacial score (nSPS) is 10.1. The summed E-state index contributed by atoms with van der Waals surface area (Å²) >= 11 is 1.17. The zero-order valence-corrected chi connectivity index (χ0v) is 15.5. The van der Waals surface area contributed by atoms with Crippen LogP contribution in [-0.4, -0.2) is 29.2 Å². The minimum Gasteiger partial charge on any atom is -0.325 e. The van der Waals surface area contributed by atoms with Crippen LogP contribution in [0.1, 0.15) is 21.5 Å². The minimum absolute atomic E-state index is 0.0649. The van der Waals surface area contributed by atoms with E-state index < -0.39 is 0 Å². The van der Waals surface area contributed by atoms with Gasteiger partial charge in [0, 0.05) is 11.3 Å². The average Bonchev–Trinajstić information content (AvgIpc) is 2.60. The van der Waals surface area contributed by atoms with Gasteiger partial charge in [0.05, 0.1) is 11.5 Å². The molecule has 0 heterocycles. The van der Waals surface area contributed by atoms with Crippen LogP contribution in [0.4, 0.5) is 5.69 Å². The fourth-order valence-electron chi connectivity index (χ4n) is 2.10. The number of carbonyl (C=O) groups is 3. The number of hydrogen-bond acceptors (Lipinski definition) is 4. The van der Waals surface area contributed by atoms with E-state index >= 15 is 0 Å². The van der Waals surface area contributed by atoms with E-state index in [2.05, 4.69) is 16.2 Å². The molecule has 136 valence electrons. The van der Waals surface area contributed by atoms with Gasteiger partial charge in [-0.1, -0.05) is 29.8 Å². The van der Waals surface area contributed by atoms with Crippen LogP contribution in [0.25, 0.3) is 0 Å². The van der Waals surface area contributed by atoms with Crippen molar-refractivity contribution in [2.45, 2.75) is 13.8 Å². The van der Waals surface area contributed by atoms with Gasteiger partial charge in [0.25, 0.3) is 5.91 Å². The van der Waals surface area contributed by atoms with Crippen molar-refractivity contribution in [2.24, 2.45) is 0 Å². The van der Waals surface area contributed by atoms with Crippen molar-refractivity contribution in [3.63, 3.8) is 0 Å². The average molecular weight is 371 g/mol. The number of thioether (sulfide) groups is 1. The Morgan fingerprint density at radius 2 is 1.54 bits per heavy atom. The molecule has 2 rings (SSSR count). The Morgan fingerprint density at radius 3 is 2.23 bits per heavy atom. The summed E-state index contributed by atoms with van der Waals surface area (Å²) < 4.78 is 0.